The van der Waals surface area contributed by atoms with Crippen molar-refractivity contribution in [2.24, 2.45) is 0 Å². The zero-order valence-electron chi connectivity index (χ0n) is 9.02. The Hall–Kier alpha value is -0.750. The van der Waals surface area contributed by atoms with Gasteiger partial charge in [0.2, 0.25) is 0 Å². The third-order valence-corrected chi connectivity index (χ3v) is 1.64. The highest BCUT2D eigenvalue weighted by Crippen LogP contribution is 2.24. The van der Waals surface area contributed by atoms with Gasteiger partial charge in [-0.2, -0.15) is 0 Å². The maximum atomic E-state index is 6.95. The Bertz CT molecular complexity index is 173. The molecular formula is C10H20N2. The fourth-order valence-corrected chi connectivity index (χ4v) is 1.46. The van der Waals surface area contributed by atoms with Crippen molar-refractivity contribution in [3.63, 3.8) is 0 Å². The molecule has 0 aromatic carbocycles. The molecule has 0 amide bonds. The molecule has 0 unspecified atom stereocenters. The molecule has 0 saturated carbocycles. The van der Waals surface area contributed by atoms with Gasteiger partial charge in [-0.1, -0.05) is 0 Å². The summed E-state index contributed by atoms with van der Waals surface area (Å²) in [7, 11) is 0. The molecule has 2 nitrogen and oxygen atoms in total. The Balaban J connectivity index is 4.81. The standard InChI is InChI=1S/C10H20N2/c1-9(2,3)12(8-7-11)10(4,5)6/h8,11H,1-6H3. The van der Waals surface area contributed by atoms with Crippen molar-refractivity contribution >= 4 is 5.87 Å². The first-order valence-electron chi connectivity index (χ1n) is 4.24. The van der Waals surface area contributed by atoms with Gasteiger partial charge in [-0.3, -0.25) is 5.41 Å². The molecule has 0 fully saturated rings. The van der Waals surface area contributed by atoms with Crippen molar-refractivity contribution in [3.05, 3.63) is 6.20 Å². The highest BCUT2D eigenvalue weighted by molar-refractivity contribution is 5.47. The Labute approximate surface area is 75.8 Å². The summed E-state index contributed by atoms with van der Waals surface area (Å²) >= 11 is 0. The minimum atomic E-state index is 0.0479. The molecule has 2 heteroatoms. The van der Waals surface area contributed by atoms with Crippen molar-refractivity contribution in [2.45, 2.75) is 52.6 Å². The van der Waals surface area contributed by atoms with Crippen LogP contribution in [0.1, 0.15) is 41.5 Å². The van der Waals surface area contributed by atoms with Gasteiger partial charge in [0.15, 0.2) is 0 Å². The maximum absolute atomic E-state index is 6.95. The zero-order valence-corrected chi connectivity index (χ0v) is 9.02. The Morgan fingerprint density at radius 3 is 1.42 bits per heavy atom. The van der Waals surface area contributed by atoms with Crippen LogP contribution in [0.4, 0.5) is 0 Å². The molecule has 0 aliphatic rings. The molecule has 0 radical (unpaired) electrons. The molecule has 0 aliphatic heterocycles. The Morgan fingerprint density at radius 2 is 1.33 bits per heavy atom. The monoisotopic (exact) mass is 168 g/mol. The van der Waals surface area contributed by atoms with E-state index in [-0.39, 0.29) is 11.1 Å². The van der Waals surface area contributed by atoms with Crippen LogP contribution in [0.2, 0.25) is 0 Å². The fourth-order valence-electron chi connectivity index (χ4n) is 1.46. The van der Waals surface area contributed by atoms with E-state index in [1.807, 2.05) is 0 Å². The highest BCUT2D eigenvalue weighted by atomic mass is 15.2. The minimum Gasteiger partial charge on any atom is -0.360 e. The van der Waals surface area contributed by atoms with Gasteiger partial charge in [0.25, 0.3) is 0 Å². The topological polar surface area (TPSA) is 27.1 Å². The van der Waals surface area contributed by atoms with Gasteiger partial charge in [0, 0.05) is 11.1 Å². The summed E-state index contributed by atoms with van der Waals surface area (Å²) < 4.78 is 0. The van der Waals surface area contributed by atoms with E-state index in [1.165, 1.54) is 0 Å². The quantitative estimate of drug-likeness (QED) is 0.599. The van der Waals surface area contributed by atoms with Gasteiger partial charge in [-0.25, -0.2) is 0 Å². The molecule has 0 bridgehead atoms. The summed E-state index contributed by atoms with van der Waals surface area (Å²) in [5.41, 5.74) is 0.0958. The molecule has 0 atom stereocenters. The zero-order chi connectivity index (χ0) is 9.99. The number of hydrogen-bond donors (Lipinski definition) is 1. The molecule has 0 saturated heterocycles. The van der Waals surface area contributed by atoms with Gasteiger partial charge in [-0.15, -0.1) is 0 Å². The molecule has 1 N–H and O–H groups in total. The molecule has 0 heterocycles. The van der Waals surface area contributed by atoms with Crippen LogP contribution in [0.5, 0.6) is 0 Å². The van der Waals surface area contributed by atoms with E-state index < -0.39 is 0 Å². The summed E-state index contributed by atoms with van der Waals surface area (Å²) in [6, 6.07) is 0. The van der Waals surface area contributed by atoms with Gasteiger partial charge in [-0.05, 0) is 47.4 Å². The summed E-state index contributed by atoms with van der Waals surface area (Å²) in [6.07, 6.45) is 1.71. The fraction of sp³-hybridized carbons (Fsp3) is 0.800. The molecule has 0 spiro atoms. The molecule has 0 aromatic rings. The van der Waals surface area contributed by atoms with Crippen LogP contribution in [-0.2, 0) is 0 Å². The molecule has 0 aliphatic carbocycles. The lowest BCUT2D eigenvalue weighted by Gasteiger charge is -2.44. The van der Waals surface area contributed by atoms with Crippen molar-refractivity contribution in [1.29, 1.82) is 5.41 Å². The summed E-state index contributed by atoms with van der Waals surface area (Å²) in [5.74, 6) is 2.33. The van der Waals surface area contributed by atoms with E-state index in [0.29, 0.717) is 0 Å². The lowest BCUT2D eigenvalue weighted by atomic mass is 9.97. The van der Waals surface area contributed by atoms with Gasteiger partial charge in [0.1, 0.15) is 0 Å². The summed E-state index contributed by atoms with van der Waals surface area (Å²) in [4.78, 5) is 2.13. The van der Waals surface area contributed by atoms with Crippen molar-refractivity contribution in [1.82, 2.24) is 4.90 Å². The van der Waals surface area contributed by atoms with Gasteiger partial charge >= 0.3 is 0 Å². The third-order valence-electron chi connectivity index (χ3n) is 1.64. The molecular weight excluding hydrogens is 148 g/mol. The lowest BCUT2D eigenvalue weighted by molar-refractivity contribution is 0.0979. The first-order valence-corrected chi connectivity index (χ1v) is 4.24. The second-order valence-corrected chi connectivity index (χ2v) is 4.99. The van der Waals surface area contributed by atoms with Crippen LogP contribution in [-0.4, -0.2) is 21.8 Å². The van der Waals surface area contributed by atoms with E-state index in [1.54, 1.807) is 6.20 Å². The largest absolute Gasteiger partial charge is 0.360 e. The SMILES string of the molecule is CC(C)(C)N(C=C=N)C(C)(C)C. The molecule has 70 valence electrons. The summed E-state index contributed by atoms with van der Waals surface area (Å²) in [6.45, 7) is 12.8. The highest BCUT2D eigenvalue weighted by Gasteiger charge is 2.28. The maximum Gasteiger partial charge on any atom is 0.0624 e. The number of rotatable bonds is 1. The molecule has 0 aromatic heterocycles. The molecule has 0 rings (SSSR count). The Kier molecular flexibility index (Phi) is 3.11. The van der Waals surface area contributed by atoms with Crippen LogP contribution < -0.4 is 0 Å². The smallest absolute Gasteiger partial charge is 0.0624 e. The van der Waals surface area contributed by atoms with E-state index >= 15 is 0 Å². The van der Waals surface area contributed by atoms with Gasteiger partial charge in [0.05, 0.1) is 6.20 Å². The predicted octanol–water partition coefficient (Wildman–Crippen LogP) is 2.65. The van der Waals surface area contributed by atoms with E-state index in [0.717, 1.165) is 0 Å². The predicted molar refractivity (Wildman–Crippen MR) is 53.6 cm³/mol. The number of nitrogens with one attached hydrogen (secondary N) is 1. The van der Waals surface area contributed by atoms with E-state index in [4.69, 9.17) is 5.41 Å². The first-order chi connectivity index (χ1) is 5.19. The van der Waals surface area contributed by atoms with Crippen LogP contribution in [0.3, 0.4) is 0 Å². The molecule has 12 heavy (non-hydrogen) atoms. The Morgan fingerprint density at radius 1 is 1.00 bits per heavy atom. The van der Waals surface area contributed by atoms with Crippen LogP contribution in [0.15, 0.2) is 6.20 Å². The van der Waals surface area contributed by atoms with E-state index in [9.17, 15) is 0 Å². The average Bonchev–Trinajstić information content (AvgIpc) is 1.77. The summed E-state index contributed by atoms with van der Waals surface area (Å²) in [5, 5.41) is 6.95. The second-order valence-electron chi connectivity index (χ2n) is 4.99. The van der Waals surface area contributed by atoms with Gasteiger partial charge < -0.3 is 4.90 Å². The van der Waals surface area contributed by atoms with Crippen LogP contribution >= 0.6 is 0 Å². The average molecular weight is 168 g/mol. The van der Waals surface area contributed by atoms with Crippen molar-refractivity contribution in [3.8, 4) is 0 Å². The van der Waals surface area contributed by atoms with E-state index in [2.05, 4.69) is 52.3 Å². The first kappa shape index (κ1) is 11.2. The van der Waals surface area contributed by atoms with Crippen molar-refractivity contribution < 1.29 is 0 Å². The number of hydrogen-bond acceptors (Lipinski definition) is 2. The normalized spacial score (nSPS) is 12.2. The van der Waals surface area contributed by atoms with Crippen LogP contribution in [0, 0.1) is 5.41 Å². The third kappa shape index (κ3) is 3.10. The second kappa shape index (κ2) is 3.32. The minimum absolute atomic E-state index is 0.0479. The lowest BCUT2D eigenvalue weighted by Crippen LogP contribution is -2.49. The van der Waals surface area contributed by atoms with Crippen molar-refractivity contribution in [2.75, 3.05) is 0 Å². The number of nitrogens with zero attached hydrogens (tertiary/aromatic N) is 1. The van der Waals surface area contributed by atoms with Crippen LogP contribution in [0.25, 0.3) is 0 Å².